The number of carbonyl (C=O) groups excluding carboxylic acids is 1. The van der Waals surface area contributed by atoms with Crippen LogP contribution in [0.2, 0.25) is 0 Å². The minimum Gasteiger partial charge on any atom is -0.397 e. The molecule has 0 atom stereocenters. The number of hydrogen-bond donors (Lipinski definition) is 2. The largest absolute Gasteiger partial charge is 0.397 e. The van der Waals surface area contributed by atoms with Gasteiger partial charge in [0.1, 0.15) is 11.5 Å². The molecule has 0 saturated carbocycles. The summed E-state index contributed by atoms with van der Waals surface area (Å²) in [4.78, 5) is 13.2. The van der Waals surface area contributed by atoms with Crippen LogP contribution in [0.4, 0.5) is 20.2 Å². The first-order valence-corrected chi connectivity index (χ1v) is 5.91. The van der Waals surface area contributed by atoms with Crippen molar-refractivity contribution in [1.29, 1.82) is 0 Å². The monoisotopic (exact) mass is 268 g/mol. The molecule has 0 saturated heterocycles. The number of nitrogens with one attached hydrogen (secondary N) is 1. The highest BCUT2D eigenvalue weighted by Crippen LogP contribution is 2.25. The summed E-state index contributed by atoms with van der Waals surface area (Å²) in [6.45, 7) is 1.86. The Hall–Kier alpha value is -1.95. The van der Waals surface area contributed by atoms with Gasteiger partial charge in [0, 0.05) is 10.9 Å². The summed E-state index contributed by atoms with van der Waals surface area (Å²) < 4.78 is 26.3. The SMILES string of the molecule is Cc1ccc(C(=O)Nc2c(N)cc(F)cc2F)s1. The van der Waals surface area contributed by atoms with Gasteiger partial charge in [-0.1, -0.05) is 0 Å². The Morgan fingerprint density at radius 2 is 2.06 bits per heavy atom. The molecule has 1 aromatic carbocycles. The highest BCUT2D eigenvalue weighted by molar-refractivity contribution is 7.14. The summed E-state index contributed by atoms with van der Waals surface area (Å²) in [6.07, 6.45) is 0. The summed E-state index contributed by atoms with van der Waals surface area (Å²) in [6, 6.07) is 5.04. The molecule has 0 bridgehead atoms. The zero-order valence-corrected chi connectivity index (χ0v) is 10.3. The van der Waals surface area contributed by atoms with Crippen LogP contribution in [0, 0.1) is 18.6 Å². The molecule has 1 amide bonds. The van der Waals surface area contributed by atoms with E-state index < -0.39 is 17.5 Å². The van der Waals surface area contributed by atoms with E-state index in [1.54, 1.807) is 12.1 Å². The molecule has 18 heavy (non-hydrogen) atoms. The lowest BCUT2D eigenvalue weighted by atomic mass is 10.2. The van der Waals surface area contributed by atoms with E-state index in [1.807, 2.05) is 6.92 Å². The van der Waals surface area contributed by atoms with Gasteiger partial charge in [-0.25, -0.2) is 8.78 Å². The highest BCUT2D eigenvalue weighted by Gasteiger charge is 2.14. The van der Waals surface area contributed by atoms with Gasteiger partial charge >= 0.3 is 0 Å². The molecule has 1 aromatic heterocycles. The molecule has 0 unspecified atom stereocenters. The van der Waals surface area contributed by atoms with E-state index in [2.05, 4.69) is 5.32 Å². The normalized spacial score (nSPS) is 10.4. The first-order valence-electron chi connectivity index (χ1n) is 5.09. The molecule has 1 heterocycles. The van der Waals surface area contributed by atoms with Crippen molar-refractivity contribution < 1.29 is 13.6 Å². The van der Waals surface area contributed by atoms with Crippen LogP contribution in [0.3, 0.4) is 0 Å². The van der Waals surface area contributed by atoms with Gasteiger partial charge in [0.2, 0.25) is 0 Å². The average Bonchev–Trinajstić information content (AvgIpc) is 2.70. The molecule has 0 aliphatic rings. The van der Waals surface area contributed by atoms with Gasteiger partial charge in [0.25, 0.3) is 5.91 Å². The smallest absolute Gasteiger partial charge is 0.265 e. The number of rotatable bonds is 2. The number of hydrogen-bond acceptors (Lipinski definition) is 3. The Morgan fingerprint density at radius 3 is 2.61 bits per heavy atom. The van der Waals surface area contributed by atoms with Crippen LogP contribution < -0.4 is 11.1 Å². The van der Waals surface area contributed by atoms with Crippen LogP contribution in [0.5, 0.6) is 0 Å². The number of aryl methyl sites for hydroxylation is 1. The second-order valence-corrected chi connectivity index (χ2v) is 5.00. The Balaban J connectivity index is 2.27. The van der Waals surface area contributed by atoms with Crippen molar-refractivity contribution in [1.82, 2.24) is 0 Å². The Kier molecular flexibility index (Phi) is 3.29. The predicted octanol–water partition coefficient (Wildman–Crippen LogP) is 3.17. The molecule has 94 valence electrons. The number of amides is 1. The number of halogens is 2. The minimum absolute atomic E-state index is 0.144. The van der Waals surface area contributed by atoms with Gasteiger partial charge in [-0.15, -0.1) is 11.3 Å². The molecule has 0 radical (unpaired) electrons. The topological polar surface area (TPSA) is 55.1 Å². The molecule has 2 aromatic rings. The van der Waals surface area contributed by atoms with Crippen molar-refractivity contribution >= 4 is 28.6 Å². The number of benzene rings is 1. The third kappa shape index (κ3) is 2.48. The number of anilines is 2. The summed E-state index contributed by atoms with van der Waals surface area (Å²) in [5.74, 6) is -2.14. The fraction of sp³-hybridized carbons (Fsp3) is 0.0833. The van der Waals surface area contributed by atoms with Gasteiger partial charge in [0.15, 0.2) is 5.82 Å². The van der Waals surface area contributed by atoms with E-state index in [0.29, 0.717) is 10.9 Å². The van der Waals surface area contributed by atoms with Crippen molar-refractivity contribution in [3.05, 3.63) is 45.7 Å². The van der Waals surface area contributed by atoms with Crippen LogP contribution in [0.1, 0.15) is 14.5 Å². The fourth-order valence-electron chi connectivity index (χ4n) is 1.46. The first-order chi connectivity index (χ1) is 8.47. The van der Waals surface area contributed by atoms with Crippen molar-refractivity contribution in [2.24, 2.45) is 0 Å². The van der Waals surface area contributed by atoms with Crippen molar-refractivity contribution in [3.63, 3.8) is 0 Å². The molecule has 0 aliphatic heterocycles. The standard InChI is InChI=1S/C12H10F2N2OS/c1-6-2-3-10(18-6)12(17)16-11-8(14)4-7(13)5-9(11)15/h2-5H,15H2,1H3,(H,16,17). The van der Waals surface area contributed by atoms with E-state index >= 15 is 0 Å². The van der Waals surface area contributed by atoms with E-state index in [-0.39, 0.29) is 11.4 Å². The maximum absolute atomic E-state index is 13.5. The molecular weight excluding hydrogens is 258 g/mol. The van der Waals surface area contributed by atoms with Crippen LogP contribution in [-0.2, 0) is 0 Å². The van der Waals surface area contributed by atoms with Gasteiger partial charge < -0.3 is 11.1 Å². The van der Waals surface area contributed by atoms with Crippen LogP contribution >= 0.6 is 11.3 Å². The van der Waals surface area contributed by atoms with E-state index in [4.69, 9.17) is 5.73 Å². The number of nitrogens with two attached hydrogens (primary N) is 1. The molecule has 3 nitrogen and oxygen atoms in total. The molecule has 3 N–H and O–H groups in total. The molecule has 0 aliphatic carbocycles. The third-order valence-corrected chi connectivity index (χ3v) is 3.29. The lowest BCUT2D eigenvalue weighted by Gasteiger charge is -2.08. The Bertz CT molecular complexity index is 587. The van der Waals surface area contributed by atoms with Crippen LogP contribution in [0.15, 0.2) is 24.3 Å². The second-order valence-electron chi connectivity index (χ2n) is 3.72. The van der Waals surface area contributed by atoms with Crippen molar-refractivity contribution in [2.75, 3.05) is 11.1 Å². The predicted molar refractivity (Wildman–Crippen MR) is 67.8 cm³/mol. The lowest BCUT2D eigenvalue weighted by molar-refractivity contribution is 0.103. The van der Waals surface area contributed by atoms with Gasteiger partial charge in [-0.2, -0.15) is 0 Å². The van der Waals surface area contributed by atoms with Gasteiger partial charge in [-0.05, 0) is 25.1 Å². The molecular formula is C12H10F2N2OS. The van der Waals surface area contributed by atoms with Crippen LogP contribution in [-0.4, -0.2) is 5.91 Å². The number of nitrogen functional groups attached to an aromatic ring is 1. The van der Waals surface area contributed by atoms with Crippen LogP contribution in [0.25, 0.3) is 0 Å². The highest BCUT2D eigenvalue weighted by atomic mass is 32.1. The average molecular weight is 268 g/mol. The lowest BCUT2D eigenvalue weighted by Crippen LogP contribution is -2.13. The quantitative estimate of drug-likeness (QED) is 0.822. The first kappa shape index (κ1) is 12.5. The third-order valence-electron chi connectivity index (χ3n) is 2.29. The van der Waals surface area contributed by atoms with E-state index in [9.17, 15) is 13.6 Å². The van der Waals surface area contributed by atoms with Crippen molar-refractivity contribution in [2.45, 2.75) is 6.92 Å². The maximum atomic E-state index is 13.5. The summed E-state index contributed by atoms with van der Waals surface area (Å²) in [7, 11) is 0. The Labute approximate surface area is 106 Å². The fourth-order valence-corrected chi connectivity index (χ4v) is 2.22. The molecule has 6 heteroatoms. The Morgan fingerprint density at radius 1 is 1.33 bits per heavy atom. The molecule has 0 spiro atoms. The van der Waals surface area contributed by atoms with Gasteiger partial charge in [-0.3, -0.25) is 4.79 Å². The zero-order valence-electron chi connectivity index (χ0n) is 9.46. The summed E-state index contributed by atoms with van der Waals surface area (Å²) in [5.41, 5.74) is 5.12. The van der Waals surface area contributed by atoms with E-state index in [0.717, 1.165) is 10.9 Å². The number of carbonyl (C=O) groups is 1. The van der Waals surface area contributed by atoms with Crippen molar-refractivity contribution in [3.8, 4) is 0 Å². The molecule has 2 rings (SSSR count). The number of thiophene rings is 1. The second kappa shape index (κ2) is 4.73. The minimum atomic E-state index is -0.894. The van der Waals surface area contributed by atoms with Gasteiger partial charge in [0.05, 0.1) is 10.6 Å². The zero-order chi connectivity index (χ0) is 13.3. The summed E-state index contributed by atoms with van der Waals surface area (Å²) >= 11 is 1.28. The van der Waals surface area contributed by atoms with E-state index in [1.165, 1.54) is 11.3 Å². The molecule has 0 fully saturated rings. The maximum Gasteiger partial charge on any atom is 0.265 e. The summed E-state index contributed by atoms with van der Waals surface area (Å²) in [5, 5.41) is 2.34.